The van der Waals surface area contributed by atoms with Gasteiger partial charge in [-0.1, -0.05) is 65.3 Å². The van der Waals surface area contributed by atoms with E-state index in [1.165, 1.54) is 0 Å². The molecule has 2 aliphatic rings. The average molecular weight is 447 g/mol. The van der Waals surface area contributed by atoms with Crippen LogP contribution in [0.1, 0.15) is 24.2 Å². The van der Waals surface area contributed by atoms with Gasteiger partial charge in [0.1, 0.15) is 6.10 Å². The molecule has 4 atom stereocenters. The van der Waals surface area contributed by atoms with Crippen molar-refractivity contribution < 1.29 is 9.47 Å². The van der Waals surface area contributed by atoms with Crippen molar-refractivity contribution in [3.8, 4) is 18.2 Å². The number of nitriles is 3. The molecule has 0 aliphatic carbocycles. The van der Waals surface area contributed by atoms with Gasteiger partial charge >= 0.3 is 0 Å². The topological polar surface area (TPSA) is 114 Å². The molecule has 142 valence electrons. The van der Waals surface area contributed by atoms with Crippen molar-refractivity contribution in [2.24, 2.45) is 16.7 Å². The third-order valence-electron chi connectivity index (χ3n) is 6.00. The number of nitrogens with one attached hydrogen (secondary N) is 1. The van der Waals surface area contributed by atoms with Gasteiger partial charge in [0.05, 0.1) is 24.1 Å². The number of nitrogens with zero attached hydrogens (tertiary/aromatic N) is 3. The minimum absolute atomic E-state index is 0.419. The van der Waals surface area contributed by atoms with E-state index in [1.807, 2.05) is 36.4 Å². The maximum atomic E-state index is 10.2. The molecule has 7 heteroatoms. The molecule has 2 bridgehead atoms. The van der Waals surface area contributed by atoms with E-state index in [1.54, 1.807) is 37.3 Å². The smallest absolute Gasteiger partial charge is 0.244 e. The van der Waals surface area contributed by atoms with E-state index in [-0.39, 0.29) is 0 Å². The number of rotatable bonds is 2. The van der Waals surface area contributed by atoms with E-state index in [4.69, 9.17) is 14.9 Å². The molecule has 2 aromatic carbocycles. The van der Waals surface area contributed by atoms with E-state index >= 15 is 0 Å². The molecule has 2 saturated heterocycles. The number of benzene rings is 2. The maximum absolute atomic E-state index is 10.2. The molecule has 2 fully saturated rings. The molecule has 0 amide bonds. The molecule has 4 rings (SSSR count). The van der Waals surface area contributed by atoms with Gasteiger partial charge in [-0.2, -0.15) is 15.8 Å². The quantitative estimate of drug-likeness (QED) is 0.725. The van der Waals surface area contributed by atoms with Gasteiger partial charge in [0.15, 0.2) is 5.41 Å². The second-order valence-electron chi connectivity index (χ2n) is 7.19. The molecule has 0 aromatic heterocycles. The fraction of sp³-hybridized carbons (Fsp3) is 0.273. The molecule has 2 aromatic rings. The molecule has 4 unspecified atom stereocenters. The highest BCUT2D eigenvalue weighted by Gasteiger charge is 2.79. The van der Waals surface area contributed by atoms with E-state index < -0.39 is 34.5 Å². The first-order valence-corrected chi connectivity index (χ1v) is 9.71. The van der Waals surface area contributed by atoms with E-state index in [0.717, 1.165) is 4.47 Å². The van der Waals surface area contributed by atoms with Crippen LogP contribution in [0.5, 0.6) is 0 Å². The fourth-order valence-corrected chi connectivity index (χ4v) is 4.93. The number of hydrogen-bond donors (Lipinski definition) is 1. The molecule has 1 N–H and O–H groups in total. The standard InChI is InChI=1S/C22H15BrN4O2/c1-14-21(13-26)19(27)29-22(14,16-7-3-2-4-8-16)28-18(20(21,11-24)12-25)15-6-5-9-17(23)10-15/h2-10,14,18,27H,1H3. The lowest BCUT2D eigenvalue weighted by atomic mass is 9.53. The number of halogens is 1. The Bertz CT molecular complexity index is 1120. The summed E-state index contributed by atoms with van der Waals surface area (Å²) >= 11 is 3.41. The Hall–Kier alpha value is -3.18. The predicted octanol–water partition coefficient (Wildman–Crippen LogP) is 4.56. The summed E-state index contributed by atoms with van der Waals surface area (Å²) in [6.07, 6.45) is -1.10. The second kappa shape index (κ2) is 6.42. The fourth-order valence-electron chi connectivity index (χ4n) is 4.51. The third kappa shape index (κ3) is 2.19. The van der Waals surface area contributed by atoms with Gasteiger partial charge in [-0.25, -0.2) is 0 Å². The molecule has 6 nitrogen and oxygen atoms in total. The second-order valence-corrected chi connectivity index (χ2v) is 8.11. The molecular weight excluding hydrogens is 432 g/mol. The van der Waals surface area contributed by atoms with E-state index in [9.17, 15) is 15.8 Å². The Morgan fingerprint density at radius 3 is 2.28 bits per heavy atom. The minimum Gasteiger partial charge on any atom is -0.443 e. The van der Waals surface area contributed by atoms with Crippen LogP contribution in [0.3, 0.4) is 0 Å². The van der Waals surface area contributed by atoms with Crippen molar-refractivity contribution in [1.29, 1.82) is 21.2 Å². The Labute approximate surface area is 176 Å². The Morgan fingerprint density at radius 2 is 1.69 bits per heavy atom. The number of fused-ring (bicyclic) bond motifs is 2. The Kier molecular flexibility index (Phi) is 4.24. The first-order valence-electron chi connectivity index (χ1n) is 8.92. The highest BCUT2D eigenvalue weighted by Crippen LogP contribution is 2.68. The van der Waals surface area contributed by atoms with Gasteiger partial charge in [0, 0.05) is 10.0 Å². The molecular formula is C22H15BrN4O2. The van der Waals surface area contributed by atoms with Crippen LogP contribution >= 0.6 is 15.9 Å². The molecule has 0 radical (unpaired) electrons. The highest BCUT2D eigenvalue weighted by atomic mass is 79.9. The van der Waals surface area contributed by atoms with Gasteiger partial charge in [0.2, 0.25) is 17.1 Å². The van der Waals surface area contributed by atoms with E-state index in [0.29, 0.717) is 11.1 Å². The van der Waals surface area contributed by atoms with Gasteiger partial charge in [-0.3, -0.25) is 5.41 Å². The highest BCUT2D eigenvalue weighted by molar-refractivity contribution is 9.10. The third-order valence-corrected chi connectivity index (χ3v) is 6.49. The maximum Gasteiger partial charge on any atom is 0.244 e. The summed E-state index contributed by atoms with van der Waals surface area (Å²) in [5.74, 6) is -2.65. The summed E-state index contributed by atoms with van der Waals surface area (Å²) in [5.41, 5.74) is -2.59. The molecule has 29 heavy (non-hydrogen) atoms. The van der Waals surface area contributed by atoms with Crippen LogP contribution in [0.25, 0.3) is 0 Å². The molecule has 2 aliphatic heterocycles. The zero-order valence-electron chi connectivity index (χ0n) is 15.4. The van der Waals surface area contributed by atoms with Gasteiger partial charge in [-0.05, 0) is 17.7 Å². The Morgan fingerprint density at radius 1 is 1.00 bits per heavy atom. The van der Waals surface area contributed by atoms with Crippen molar-refractivity contribution >= 4 is 21.8 Å². The van der Waals surface area contributed by atoms with Crippen molar-refractivity contribution in [2.75, 3.05) is 0 Å². The van der Waals surface area contributed by atoms with Crippen molar-refractivity contribution in [3.05, 3.63) is 70.2 Å². The van der Waals surface area contributed by atoms with Crippen LogP contribution in [0.15, 0.2) is 59.1 Å². The lowest BCUT2D eigenvalue weighted by Crippen LogP contribution is -2.57. The van der Waals surface area contributed by atoms with Gasteiger partial charge < -0.3 is 9.47 Å². The summed E-state index contributed by atoms with van der Waals surface area (Å²) in [4.78, 5) is 0. The summed E-state index contributed by atoms with van der Waals surface area (Å²) in [6, 6.07) is 22.3. The Balaban J connectivity index is 2.06. The van der Waals surface area contributed by atoms with Crippen LogP contribution in [-0.4, -0.2) is 5.90 Å². The molecule has 0 spiro atoms. The van der Waals surface area contributed by atoms with Crippen LogP contribution < -0.4 is 0 Å². The van der Waals surface area contributed by atoms with E-state index in [2.05, 4.69) is 22.0 Å². The SMILES string of the molecule is CC1C2(c3ccccc3)OC(=N)C1(C#N)C(C#N)(C#N)C(c1cccc(Br)c1)O2. The zero-order chi connectivity index (χ0) is 20.9. The molecule has 0 saturated carbocycles. The van der Waals surface area contributed by atoms with Crippen molar-refractivity contribution in [2.45, 2.75) is 18.8 Å². The van der Waals surface area contributed by atoms with Crippen LogP contribution in [0, 0.1) is 56.2 Å². The van der Waals surface area contributed by atoms with Crippen molar-refractivity contribution in [3.63, 3.8) is 0 Å². The van der Waals surface area contributed by atoms with Crippen molar-refractivity contribution in [1.82, 2.24) is 0 Å². The summed E-state index contributed by atoms with van der Waals surface area (Å²) in [7, 11) is 0. The zero-order valence-corrected chi connectivity index (χ0v) is 17.0. The largest absolute Gasteiger partial charge is 0.443 e. The number of ether oxygens (including phenoxy) is 2. The first-order chi connectivity index (χ1) is 13.9. The van der Waals surface area contributed by atoms with Crippen LogP contribution in [0.2, 0.25) is 0 Å². The lowest BCUT2D eigenvalue weighted by molar-refractivity contribution is -0.288. The first kappa shape index (κ1) is 19.2. The minimum atomic E-state index is -1.96. The predicted molar refractivity (Wildman–Crippen MR) is 106 cm³/mol. The van der Waals surface area contributed by atoms with Gasteiger partial charge in [-0.15, -0.1) is 0 Å². The average Bonchev–Trinajstić information content (AvgIpc) is 2.90. The number of hydrogen-bond acceptors (Lipinski definition) is 6. The summed E-state index contributed by atoms with van der Waals surface area (Å²) in [5, 5.41) is 39.2. The summed E-state index contributed by atoms with van der Waals surface area (Å²) in [6.45, 7) is 1.69. The lowest BCUT2D eigenvalue weighted by Gasteiger charge is -2.48. The van der Waals surface area contributed by atoms with Gasteiger partial charge in [0.25, 0.3) is 0 Å². The summed E-state index contributed by atoms with van der Waals surface area (Å²) < 4.78 is 13.1. The monoisotopic (exact) mass is 446 g/mol. The van der Waals surface area contributed by atoms with Crippen LogP contribution in [0.4, 0.5) is 0 Å². The van der Waals surface area contributed by atoms with Crippen LogP contribution in [-0.2, 0) is 15.3 Å². The normalized spacial score (nSPS) is 31.8. The molecule has 2 heterocycles.